The number of aryl methyl sites for hydroxylation is 2. The van der Waals surface area contributed by atoms with Crippen molar-refractivity contribution in [2.45, 2.75) is 20.3 Å². The minimum Gasteiger partial charge on any atom is -0.484 e. The highest BCUT2D eigenvalue weighted by molar-refractivity contribution is 5.92. The first-order valence-electron chi connectivity index (χ1n) is 8.41. The minimum absolute atomic E-state index is 0.0669. The lowest BCUT2D eigenvalue weighted by Crippen LogP contribution is -2.30. The van der Waals surface area contributed by atoms with E-state index < -0.39 is 12.5 Å². The number of aliphatic carboxylic acids is 1. The standard InChI is InChI=1S/C20H22N2O5/c1-13-3-8-17(9-14(13)2)27-12-19(24)22-16-6-4-15(5-7-16)10-18(23)21-11-20(25)26/h3-9H,10-12H2,1-2H3,(H,21,23)(H,22,24)(H,25,26). The van der Waals surface area contributed by atoms with E-state index in [0.717, 1.165) is 11.1 Å². The Morgan fingerprint density at radius 1 is 0.963 bits per heavy atom. The average Bonchev–Trinajstić information content (AvgIpc) is 2.62. The lowest BCUT2D eigenvalue weighted by molar-refractivity contribution is -0.137. The highest BCUT2D eigenvalue weighted by Gasteiger charge is 2.07. The number of ether oxygens (including phenoxy) is 1. The van der Waals surface area contributed by atoms with Gasteiger partial charge in [-0.2, -0.15) is 0 Å². The largest absolute Gasteiger partial charge is 0.484 e. The maximum absolute atomic E-state index is 12.0. The summed E-state index contributed by atoms with van der Waals surface area (Å²) in [6, 6.07) is 12.4. The zero-order valence-electron chi connectivity index (χ0n) is 15.2. The summed E-state index contributed by atoms with van der Waals surface area (Å²) in [5, 5.41) is 13.5. The molecule has 0 atom stereocenters. The third-order valence-electron chi connectivity index (χ3n) is 3.89. The van der Waals surface area contributed by atoms with Crippen molar-refractivity contribution in [2.75, 3.05) is 18.5 Å². The fraction of sp³-hybridized carbons (Fsp3) is 0.250. The van der Waals surface area contributed by atoms with Crippen molar-refractivity contribution in [3.8, 4) is 5.75 Å². The number of rotatable bonds is 8. The van der Waals surface area contributed by atoms with Crippen LogP contribution in [0, 0.1) is 13.8 Å². The number of hydrogen-bond donors (Lipinski definition) is 3. The molecule has 0 bridgehead atoms. The first-order chi connectivity index (χ1) is 12.8. The van der Waals surface area contributed by atoms with Gasteiger partial charge in [-0.15, -0.1) is 0 Å². The van der Waals surface area contributed by atoms with Crippen LogP contribution in [0.1, 0.15) is 16.7 Å². The number of benzene rings is 2. The molecule has 3 N–H and O–H groups in total. The fourth-order valence-electron chi connectivity index (χ4n) is 2.28. The van der Waals surface area contributed by atoms with E-state index in [0.29, 0.717) is 17.0 Å². The van der Waals surface area contributed by atoms with Crippen LogP contribution in [0.5, 0.6) is 5.75 Å². The monoisotopic (exact) mass is 370 g/mol. The van der Waals surface area contributed by atoms with Gasteiger partial charge in [0.1, 0.15) is 12.3 Å². The van der Waals surface area contributed by atoms with Crippen molar-refractivity contribution in [1.82, 2.24) is 5.32 Å². The number of hydrogen-bond acceptors (Lipinski definition) is 4. The van der Waals surface area contributed by atoms with Gasteiger partial charge in [0, 0.05) is 5.69 Å². The Hall–Kier alpha value is -3.35. The van der Waals surface area contributed by atoms with Crippen molar-refractivity contribution >= 4 is 23.5 Å². The molecule has 0 spiro atoms. The average molecular weight is 370 g/mol. The van der Waals surface area contributed by atoms with Crippen LogP contribution in [-0.4, -0.2) is 36.0 Å². The molecule has 7 heteroatoms. The second-order valence-corrected chi connectivity index (χ2v) is 6.13. The molecule has 0 fully saturated rings. The van der Waals surface area contributed by atoms with E-state index >= 15 is 0 Å². The minimum atomic E-state index is -1.09. The Bertz CT molecular complexity index is 831. The Labute approximate surface area is 157 Å². The summed E-state index contributed by atoms with van der Waals surface area (Å²) in [6.07, 6.45) is 0.0669. The fourth-order valence-corrected chi connectivity index (χ4v) is 2.28. The highest BCUT2D eigenvalue weighted by atomic mass is 16.5. The van der Waals surface area contributed by atoms with E-state index in [4.69, 9.17) is 9.84 Å². The molecule has 0 radical (unpaired) electrons. The van der Waals surface area contributed by atoms with Gasteiger partial charge in [-0.05, 0) is 54.8 Å². The lowest BCUT2D eigenvalue weighted by atomic mass is 10.1. The number of carboxylic acids is 1. The Kier molecular flexibility index (Phi) is 6.93. The van der Waals surface area contributed by atoms with E-state index in [1.54, 1.807) is 24.3 Å². The molecule has 0 saturated carbocycles. The molecule has 0 heterocycles. The second-order valence-electron chi connectivity index (χ2n) is 6.13. The van der Waals surface area contributed by atoms with Crippen LogP contribution in [0.15, 0.2) is 42.5 Å². The molecule has 0 aromatic heterocycles. The van der Waals surface area contributed by atoms with Gasteiger partial charge in [0.15, 0.2) is 6.61 Å². The van der Waals surface area contributed by atoms with E-state index in [-0.39, 0.29) is 24.8 Å². The van der Waals surface area contributed by atoms with Gasteiger partial charge in [0.2, 0.25) is 5.91 Å². The molecular weight excluding hydrogens is 348 g/mol. The second kappa shape index (κ2) is 9.38. The van der Waals surface area contributed by atoms with E-state index in [2.05, 4.69) is 10.6 Å². The third-order valence-corrected chi connectivity index (χ3v) is 3.89. The molecule has 7 nitrogen and oxygen atoms in total. The molecule has 0 aliphatic heterocycles. The number of carbonyl (C=O) groups is 3. The van der Waals surface area contributed by atoms with Gasteiger partial charge in [0.25, 0.3) is 5.91 Å². The van der Waals surface area contributed by atoms with E-state index in [1.807, 2.05) is 32.0 Å². The molecular formula is C20H22N2O5. The molecule has 2 aromatic rings. The highest BCUT2D eigenvalue weighted by Crippen LogP contribution is 2.16. The zero-order valence-corrected chi connectivity index (χ0v) is 15.2. The maximum atomic E-state index is 12.0. The van der Waals surface area contributed by atoms with Gasteiger partial charge in [-0.25, -0.2) is 0 Å². The SMILES string of the molecule is Cc1ccc(OCC(=O)Nc2ccc(CC(=O)NCC(=O)O)cc2)cc1C. The van der Waals surface area contributed by atoms with Crippen molar-refractivity contribution in [3.63, 3.8) is 0 Å². The van der Waals surface area contributed by atoms with Crippen LogP contribution in [0.3, 0.4) is 0 Å². The molecule has 2 rings (SSSR count). The lowest BCUT2D eigenvalue weighted by Gasteiger charge is -2.09. The molecule has 0 aliphatic carbocycles. The van der Waals surface area contributed by atoms with Crippen LogP contribution in [-0.2, 0) is 20.8 Å². The maximum Gasteiger partial charge on any atom is 0.322 e. The Balaban J connectivity index is 1.81. The summed E-state index contributed by atoms with van der Waals surface area (Å²) < 4.78 is 5.49. The van der Waals surface area contributed by atoms with Gasteiger partial charge < -0.3 is 20.5 Å². The summed E-state index contributed by atoms with van der Waals surface area (Å²) in [7, 11) is 0. The van der Waals surface area contributed by atoms with Crippen LogP contribution < -0.4 is 15.4 Å². The smallest absolute Gasteiger partial charge is 0.322 e. The molecule has 0 saturated heterocycles. The van der Waals surface area contributed by atoms with Gasteiger partial charge in [-0.1, -0.05) is 18.2 Å². The van der Waals surface area contributed by atoms with Gasteiger partial charge in [0.05, 0.1) is 6.42 Å². The Morgan fingerprint density at radius 3 is 2.30 bits per heavy atom. The van der Waals surface area contributed by atoms with E-state index in [9.17, 15) is 14.4 Å². The first-order valence-corrected chi connectivity index (χ1v) is 8.41. The van der Waals surface area contributed by atoms with Crippen molar-refractivity contribution in [3.05, 3.63) is 59.2 Å². The van der Waals surface area contributed by atoms with Crippen molar-refractivity contribution in [1.29, 1.82) is 0 Å². The zero-order chi connectivity index (χ0) is 19.8. The summed E-state index contributed by atoms with van der Waals surface area (Å²) in [5.74, 6) is -1.13. The van der Waals surface area contributed by atoms with Crippen LogP contribution in [0.2, 0.25) is 0 Å². The summed E-state index contributed by atoms with van der Waals surface area (Å²) in [5.41, 5.74) is 3.54. The van der Waals surface area contributed by atoms with E-state index in [1.165, 1.54) is 0 Å². The van der Waals surface area contributed by atoms with Gasteiger partial charge in [-0.3, -0.25) is 14.4 Å². The molecule has 142 valence electrons. The summed E-state index contributed by atoms with van der Waals surface area (Å²) in [4.78, 5) is 34.0. The van der Waals surface area contributed by atoms with Crippen LogP contribution in [0.25, 0.3) is 0 Å². The topological polar surface area (TPSA) is 105 Å². The third kappa shape index (κ3) is 6.81. The number of nitrogens with one attached hydrogen (secondary N) is 2. The van der Waals surface area contributed by atoms with Crippen LogP contribution >= 0.6 is 0 Å². The van der Waals surface area contributed by atoms with Crippen LogP contribution in [0.4, 0.5) is 5.69 Å². The summed E-state index contributed by atoms with van der Waals surface area (Å²) >= 11 is 0. The molecule has 0 aliphatic rings. The number of carboxylic acid groups (broad SMARTS) is 1. The van der Waals surface area contributed by atoms with Gasteiger partial charge >= 0.3 is 5.97 Å². The number of amides is 2. The van der Waals surface area contributed by atoms with Crippen molar-refractivity contribution in [2.24, 2.45) is 0 Å². The van der Waals surface area contributed by atoms with Crippen molar-refractivity contribution < 1.29 is 24.2 Å². The first kappa shape index (κ1) is 20.0. The molecule has 0 unspecified atom stereocenters. The normalized spacial score (nSPS) is 10.1. The Morgan fingerprint density at radius 2 is 1.67 bits per heavy atom. The quantitative estimate of drug-likeness (QED) is 0.660. The molecule has 2 aromatic carbocycles. The number of anilines is 1. The molecule has 2 amide bonds. The predicted molar refractivity (Wildman–Crippen MR) is 101 cm³/mol. The predicted octanol–water partition coefficient (Wildman–Crippen LogP) is 2.06. The number of carbonyl (C=O) groups excluding carboxylic acids is 2. The molecule has 27 heavy (non-hydrogen) atoms. The summed E-state index contributed by atoms with van der Waals surface area (Å²) in [6.45, 7) is 3.46.